The van der Waals surface area contributed by atoms with E-state index in [1.165, 1.54) is 12.5 Å². The summed E-state index contributed by atoms with van der Waals surface area (Å²) in [6.45, 7) is -1.93. The van der Waals surface area contributed by atoms with Crippen molar-refractivity contribution in [2.75, 3.05) is 6.54 Å². The summed E-state index contributed by atoms with van der Waals surface area (Å²) in [4.78, 5) is 0. The number of para-hydroxylation sites is 1. The third-order valence-corrected chi connectivity index (χ3v) is 3.74. The summed E-state index contributed by atoms with van der Waals surface area (Å²) in [5.41, 5.74) is 0.0174. The van der Waals surface area contributed by atoms with Crippen LogP contribution in [0, 0.1) is 0 Å². The maximum atomic E-state index is 12.3. The molecule has 1 aliphatic rings. The van der Waals surface area contributed by atoms with Crippen LogP contribution >= 0.6 is 0 Å². The minimum atomic E-state index is -2.82. The van der Waals surface area contributed by atoms with Crippen LogP contribution in [-0.4, -0.2) is 23.9 Å². The summed E-state index contributed by atoms with van der Waals surface area (Å²) in [5.74, 6) is 0.186. The second kappa shape index (κ2) is 6.99. The summed E-state index contributed by atoms with van der Waals surface area (Å²) in [7, 11) is 0. The van der Waals surface area contributed by atoms with Gasteiger partial charge in [-0.15, -0.1) is 0 Å². The van der Waals surface area contributed by atoms with Gasteiger partial charge >= 0.3 is 6.61 Å². The molecule has 1 aliphatic carbocycles. The quantitative estimate of drug-likeness (QED) is 0.844. The fourth-order valence-corrected chi connectivity index (χ4v) is 2.68. The predicted molar refractivity (Wildman–Crippen MR) is 72.8 cm³/mol. The van der Waals surface area contributed by atoms with Crippen molar-refractivity contribution in [2.24, 2.45) is 0 Å². The number of halogens is 2. The maximum Gasteiger partial charge on any atom is 0.387 e. The van der Waals surface area contributed by atoms with Crippen LogP contribution in [-0.2, 0) is 6.54 Å². The van der Waals surface area contributed by atoms with Crippen LogP contribution in [0.3, 0.4) is 0 Å². The lowest BCUT2D eigenvalue weighted by Gasteiger charge is -2.32. The topological polar surface area (TPSA) is 41.5 Å². The largest absolute Gasteiger partial charge is 0.434 e. The Morgan fingerprint density at radius 1 is 1.20 bits per heavy atom. The van der Waals surface area contributed by atoms with Gasteiger partial charge in [-0.25, -0.2) is 0 Å². The van der Waals surface area contributed by atoms with E-state index in [1.54, 1.807) is 18.2 Å². The molecule has 0 saturated heterocycles. The van der Waals surface area contributed by atoms with E-state index in [4.69, 9.17) is 0 Å². The molecule has 3 nitrogen and oxygen atoms in total. The van der Waals surface area contributed by atoms with Crippen molar-refractivity contribution in [1.29, 1.82) is 0 Å². The fourth-order valence-electron chi connectivity index (χ4n) is 2.68. The molecule has 0 aromatic heterocycles. The van der Waals surface area contributed by atoms with Gasteiger partial charge in [-0.1, -0.05) is 37.5 Å². The Labute approximate surface area is 117 Å². The summed E-state index contributed by atoms with van der Waals surface area (Å²) in [6, 6.07) is 6.72. The van der Waals surface area contributed by atoms with Gasteiger partial charge in [0.1, 0.15) is 5.75 Å². The van der Waals surface area contributed by atoms with Gasteiger partial charge < -0.3 is 15.2 Å². The highest BCUT2D eigenvalue weighted by atomic mass is 19.3. The highest BCUT2D eigenvalue weighted by molar-refractivity contribution is 5.33. The standard InChI is InChI=1S/C15H21F2NO2/c16-14(17)20-13-7-3-2-6-12(13)10-18-11-15(19)8-4-1-5-9-15/h2-3,6-7,14,18-19H,1,4-5,8-11H2. The molecule has 0 aliphatic heterocycles. The number of benzene rings is 1. The minimum Gasteiger partial charge on any atom is -0.434 e. The van der Waals surface area contributed by atoms with Crippen molar-refractivity contribution in [2.45, 2.75) is 50.9 Å². The van der Waals surface area contributed by atoms with E-state index in [9.17, 15) is 13.9 Å². The van der Waals surface area contributed by atoms with E-state index in [0.29, 0.717) is 18.7 Å². The van der Waals surface area contributed by atoms with Crippen LogP contribution in [0.4, 0.5) is 8.78 Å². The third kappa shape index (κ3) is 4.42. The van der Waals surface area contributed by atoms with E-state index in [-0.39, 0.29) is 5.75 Å². The van der Waals surface area contributed by atoms with E-state index in [0.717, 1.165) is 25.7 Å². The molecule has 0 amide bonds. The lowest BCUT2D eigenvalue weighted by molar-refractivity contribution is -0.0506. The minimum absolute atomic E-state index is 0.186. The van der Waals surface area contributed by atoms with Gasteiger partial charge in [-0.05, 0) is 18.9 Å². The Morgan fingerprint density at radius 3 is 2.60 bits per heavy atom. The number of nitrogens with one attached hydrogen (secondary N) is 1. The SMILES string of the molecule is OC1(CNCc2ccccc2OC(F)F)CCCCC1. The zero-order valence-electron chi connectivity index (χ0n) is 11.4. The lowest BCUT2D eigenvalue weighted by Crippen LogP contribution is -2.41. The number of alkyl halides is 2. The van der Waals surface area contributed by atoms with E-state index in [1.807, 2.05) is 0 Å². The molecule has 2 N–H and O–H groups in total. The van der Waals surface area contributed by atoms with Gasteiger partial charge in [0.05, 0.1) is 5.60 Å². The second-order valence-corrected chi connectivity index (χ2v) is 5.37. The molecule has 0 heterocycles. The van der Waals surface area contributed by atoms with Crippen LogP contribution in [0.25, 0.3) is 0 Å². The Balaban J connectivity index is 1.87. The first-order valence-corrected chi connectivity index (χ1v) is 7.05. The van der Waals surface area contributed by atoms with Gasteiger partial charge in [-0.2, -0.15) is 8.78 Å². The fraction of sp³-hybridized carbons (Fsp3) is 0.600. The Bertz CT molecular complexity index is 420. The first-order chi connectivity index (χ1) is 9.59. The van der Waals surface area contributed by atoms with Gasteiger partial charge in [0, 0.05) is 18.7 Å². The van der Waals surface area contributed by atoms with E-state index >= 15 is 0 Å². The molecule has 0 radical (unpaired) electrons. The Morgan fingerprint density at radius 2 is 1.90 bits per heavy atom. The molecule has 2 rings (SSSR count). The van der Waals surface area contributed by atoms with E-state index < -0.39 is 12.2 Å². The maximum absolute atomic E-state index is 12.3. The molecule has 5 heteroatoms. The molecule has 1 aromatic carbocycles. The van der Waals surface area contributed by atoms with Crippen LogP contribution < -0.4 is 10.1 Å². The molecule has 0 bridgehead atoms. The molecule has 20 heavy (non-hydrogen) atoms. The molecule has 1 fully saturated rings. The van der Waals surface area contributed by atoms with Crippen molar-refractivity contribution >= 4 is 0 Å². The van der Waals surface area contributed by atoms with Crippen LogP contribution in [0.1, 0.15) is 37.7 Å². The number of ether oxygens (including phenoxy) is 1. The first-order valence-electron chi connectivity index (χ1n) is 7.05. The molecule has 0 unspecified atom stereocenters. The highest BCUT2D eigenvalue weighted by Gasteiger charge is 2.28. The van der Waals surface area contributed by atoms with Crippen LogP contribution in [0.5, 0.6) is 5.75 Å². The molecular formula is C15H21F2NO2. The average molecular weight is 285 g/mol. The smallest absolute Gasteiger partial charge is 0.387 e. The van der Waals surface area contributed by atoms with Crippen LogP contribution in [0.15, 0.2) is 24.3 Å². The van der Waals surface area contributed by atoms with Gasteiger partial charge in [0.2, 0.25) is 0 Å². The molecular weight excluding hydrogens is 264 g/mol. The summed E-state index contributed by atoms with van der Waals surface area (Å²) in [6.07, 6.45) is 4.87. The zero-order valence-corrected chi connectivity index (χ0v) is 11.4. The molecule has 1 saturated carbocycles. The summed E-state index contributed by atoms with van der Waals surface area (Å²) < 4.78 is 29.1. The average Bonchev–Trinajstić information content (AvgIpc) is 2.41. The summed E-state index contributed by atoms with van der Waals surface area (Å²) >= 11 is 0. The van der Waals surface area contributed by atoms with E-state index in [2.05, 4.69) is 10.1 Å². The Kier molecular flexibility index (Phi) is 5.31. The zero-order chi connectivity index (χ0) is 14.4. The number of hydrogen-bond donors (Lipinski definition) is 2. The van der Waals surface area contributed by atoms with Crippen molar-refractivity contribution in [3.63, 3.8) is 0 Å². The number of aliphatic hydroxyl groups is 1. The molecule has 0 spiro atoms. The summed E-state index contributed by atoms with van der Waals surface area (Å²) in [5, 5.41) is 13.5. The van der Waals surface area contributed by atoms with Gasteiger partial charge in [0.25, 0.3) is 0 Å². The monoisotopic (exact) mass is 285 g/mol. The van der Waals surface area contributed by atoms with Crippen molar-refractivity contribution < 1.29 is 18.6 Å². The van der Waals surface area contributed by atoms with Crippen LogP contribution in [0.2, 0.25) is 0 Å². The molecule has 112 valence electrons. The van der Waals surface area contributed by atoms with Gasteiger partial charge in [0.15, 0.2) is 0 Å². The third-order valence-electron chi connectivity index (χ3n) is 3.74. The van der Waals surface area contributed by atoms with Crippen molar-refractivity contribution in [1.82, 2.24) is 5.32 Å². The number of rotatable bonds is 6. The van der Waals surface area contributed by atoms with Crippen molar-refractivity contribution in [3.05, 3.63) is 29.8 Å². The Hall–Kier alpha value is -1.20. The van der Waals surface area contributed by atoms with Gasteiger partial charge in [-0.3, -0.25) is 0 Å². The molecule has 0 atom stereocenters. The van der Waals surface area contributed by atoms with Crippen molar-refractivity contribution in [3.8, 4) is 5.75 Å². The predicted octanol–water partition coefficient (Wildman–Crippen LogP) is 3.07. The first kappa shape index (κ1) is 15.2. The highest BCUT2D eigenvalue weighted by Crippen LogP contribution is 2.27. The molecule has 1 aromatic rings. The second-order valence-electron chi connectivity index (χ2n) is 5.37. The normalized spacial score (nSPS) is 18.2. The lowest BCUT2D eigenvalue weighted by atomic mass is 9.85. The number of hydrogen-bond acceptors (Lipinski definition) is 3.